The molecular formula is C37H39ClN4O6. The van der Waals surface area contributed by atoms with Crippen molar-refractivity contribution in [3.05, 3.63) is 106 Å². The van der Waals surface area contributed by atoms with Gasteiger partial charge in [0.1, 0.15) is 17.9 Å². The number of nitrogens with zero attached hydrogens (tertiary/aromatic N) is 2. The van der Waals surface area contributed by atoms with Crippen molar-refractivity contribution in [3.63, 3.8) is 0 Å². The molecule has 3 aromatic rings. The minimum atomic E-state index is -1.29. The molecule has 250 valence electrons. The van der Waals surface area contributed by atoms with Gasteiger partial charge in [0.25, 0.3) is 5.91 Å². The second-order valence-corrected chi connectivity index (χ2v) is 12.8. The van der Waals surface area contributed by atoms with Crippen molar-refractivity contribution in [1.82, 2.24) is 15.5 Å². The van der Waals surface area contributed by atoms with E-state index in [-0.39, 0.29) is 29.3 Å². The molecule has 0 aromatic heterocycles. The molecule has 2 atom stereocenters. The molecule has 10 nitrogen and oxygen atoms in total. The number of carbonyl (C=O) groups is 5. The van der Waals surface area contributed by atoms with Gasteiger partial charge >= 0.3 is 5.97 Å². The van der Waals surface area contributed by atoms with E-state index in [1.54, 1.807) is 58.3 Å². The van der Waals surface area contributed by atoms with Crippen LogP contribution in [0.25, 0.3) is 6.08 Å². The van der Waals surface area contributed by atoms with E-state index in [1.165, 1.54) is 19.9 Å². The summed E-state index contributed by atoms with van der Waals surface area (Å²) < 4.78 is 0. The standard InChI is InChI=1S/C37H39ClN4O6/c1-24(43)39-21-20-37(18-6-7-19-37)36(48)40-31(35(46)47)22-27-10-16-30(17-11-27)42-33(28-12-14-29(38)15-13-28)41(25(2)44)32(34(42)45)23-26-8-4-3-5-9-26/h3-5,8-17,22,32-33H,6-7,18-21,23H2,1-2H3,(H,39,43)(H,40,48)(H,46,47). The molecule has 1 saturated carbocycles. The number of aliphatic carboxylic acids is 1. The van der Waals surface area contributed by atoms with Crippen LogP contribution in [0.4, 0.5) is 5.69 Å². The van der Waals surface area contributed by atoms with E-state index < -0.39 is 23.6 Å². The molecule has 4 amide bonds. The van der Waals surface area contributed by atoms with Gasteiger partial charge in [0.15, 0.2) is 0 Å². The lowest BCUT2D eigenvalue weighted by Crippen LogP contribution is -2.42. The molecule has 1 aliphatic heterocycles. The largest absolute Gasteiger partial charge is 0.477 e. The third-order valence-electron chi connectivity index (χ3n) is 9.15. The van der Waals surface area contributed by atoms with Crippen molar-refractivity contribution < 1.29 is 29.1 Å². The molecule has 1 saturated heterocycles. The van der Waals surface area contributed by atoms with E-state index in [2.05, 4.69) is 10.6 Å². The van der Waals surface area contributed by atoms with Gasteiger partial charge in [-0.15, -0.1) is 0 Å². The Hall–Kier alpha value is -4.96. The highest BCUT2D eigenvalue weighted by atomic mass is 35.5. The van der Waals surface area contributed by atoms with E-state index in [9.17, 15) is 29.1 Å². The van der Waals surface area contributed by atoms with Gasteiger partial charge in [0.2, 0.25) is 17.7 Å². The summed E-state index contributed by atoms with van der Waals surface area (Å²) in [7, 11) is 0. The number of rotatable bonds is 11. The topological polar surface area (TPSA) is 136 Å². The van der Waals surface area contributed by atoms with Crippen LogP contribution >= 0.6 is 11.6 Å². The first kappa shape index (κ1) is 34.4. The summed E-state index contributed by atoms with van der Waals surface area (Å²) in [5.74, 6) is -2.37. The first-order chi connectivity index (χ1) is 23.0. The first-order valence-corrected chi connectivity index (χ1v) is 16.4. The van der Waals surface area contributed by atoms with Gasteiger partial charge in [-0.25, -0.2) is 4.79 Å². The number of amides is 4. The average Bonchev–Trinajstić information content (AvgIpc) is 3.65. The van der Waals surface area contributed by atoms with Gasteiger partial charge in [0.05, 0.1) is 5.41 Å². The maximum absolute atomic E-state index is 14.2. The van der Waals surface area contributed by atoms with Crippen molar-refractivity contribution in [2.24, 2.45) is 5.41 Å². The molecule has 0 radical (unpaired) electrons. The Morgan fingerprint density at radius 1 is 0.938 bits per heavy atom. The Morgan fingerprint density at radius 3 is 2.17 bits per heavy atom. The third kappa shape index (κ3) is 7.60. The van der Waals surface area contributed by atoms with Gasteiger partial charge in [0, 0.05) is 37.5 Å². The second kappa shape index (κ2) is 14.9. The van der Waals surface area contributed by atoms with Crippen molar-refractivity contribution in [1.29, 1.82) is 0 Å². The van der Waals surface area contributed by atoms with Crippen LogP contribution < -0.4 is 15.5 Å². The number of carboxylic acid groups (broad SMARTS) is 1. The zero-order valence-electron chi connectivity index (χ0n) is 26.9. The summed E-state index contributed by atoms with van der Waals surface area (Å²) in [4.78, 5) is 67.6. The van der Waals surface area contributed by atoms with E-state index >= 15 is 0 Å². The maximum atomic E-state index is 14.2. The molecule has 1 aliphatic carbocycles. The quantitative estimate of drug-likeness (QED) is 0.232. The first-order valence-electron chi connectivity index (χ1n) is 16.0. The lowest BCUT2D eigenvalue weighted by molar-refractivity contribution is -0.137. The predicted octanol–water partition coefficient (Wildman–Crippen LogP) is 5.47. The van der Waals surface area contributed by atoms with Crippen LogP contribution in [0.3, 0.4) is 0 Å². The predicted molar refractivity (Wildman–Crippen MR) is 183 cm³/mol. The van der Waals surface area contributed by atoms with Crippen LogP contribution in [0.2, 0.25) is 5.02 Å². The summed E-state index contributed by atoms with van der Waals surface area (Å²) in [5.41, 5.74) is 1.60. The van der Waals surface area contributed by atoms with Gasteiger partial charge < -0.3 is 20.6 Å². The van der Waals surface area contributed by atoms with Gasteiger partial charge in [-0.3, -0.25) is 24.1 Å². The summed E-state index contributed by atoms with van der Waals surface area (Å²) in [6, 6.07) is 22.5. The lowest BCUT2D eigenvalue weighted by atomic mass is 9.81. The van der Waals surface area contributed by atoms with Crippen LogP contribution in [0.15, 0.2) is 84.6 Å². The smallest absolute Gasteiger partial charge is 0.352 e. The van der Waals surface area contributed by atoms with E-state index in [0.29, 0.717) is 54.1 Å². The van der Waals surface area contributed by atoms with Crippen LogP contribution in [0, 0.1) is 5.41 Å². The highest BCUT2D eigenvalue weighted by Crippen LogP contribution is 2.42. The summed E-state index contributed by atoms with van der Waals surface area (Å²) in [5, 5.41) is 15.9. The number of halogens is 1. The molecule has 2 unspecified atom stereocenters. The molecule has 3 aromatic carbocycles. The Bertz CT molecular complexity index is 1700. The maximum Gasteiger partial charge on any atom is 0.352 e. The molecule has 3 N–H and O–H groups in total. The number of anilines is 1. The molecular weight excluding hydrogens is 632 g/mol. The van der Waals surface area contributed by atoms with Gasteiger partial charge in [-0.05, 0) is 66.3 Å². The number of carboxylic acids is 1. The van der Waals surface area contributed by atoms with Gasteiger partial charge in [-0.2, -0.15) is 0 Å². The Kier molecular flexibility index (Phi) is 10.6. The molecule has 1 heterocycles. The highest BCUT2D eigenvalue weighted by molar-refractivity contribution is 6.30. The van der Waals surface area contributed by atoms with Crippen LogP contribution in [0.1, 0.15) is 68.8 Å². The molecule has 2 aliphatic rings. The van der Waals surface area contributed by atoms with E-state index in [1.807, 2.05) is 30.3 Å². The van der Waals surface area contributed by atoms with Crippen LogP contribution in [-0.2, 0) is 30.4 Å². The summed E-state index contributed by atoms with van der Waals surface area (Å²) in [6.07, 6.45) is 4.30. The molecule has 0 spiro atoms. The number of hydrogen-bond donors (Lipinski definition) is 3. The molecule has 11 heteroatoms. The minimum Gasteiger partial charge on any atom is -0.477 e. The average molecular weight is 671 g/mol. The zero-order chi connectivity index (χ0) is 34.4. The van der Waals surface area contributed by atoms with Crippen molar-refractivity contribution >= 4 is 53.0 Å². The van der Waals surface area contributed by atoms with E-state index in [0.717, 1.165) is 18.4 Å². The van der Waals surface area contributed by atoms with Crippen LogP contribution in [0.5, 0.6) is 0 Å². The Labute approximate surface area is 284 Å². The highest BCUT2D eigenvalue weighted by Gasteiger charge is 2.48. The minimum absolute atomic E-state index is 0.186. The molecule has 2 fully saturated rings. The molecule has 5 rings (SSSR count). The fourth-order valence-corrected chi connectivity index (χ4v) is 6.87. The van der Waals surface area contributed by atoms with Crippen molar-refractivity contribution in [2.45, 2.75) is 64.6 Å². The SMILES string of the molecule is CC(=O)NCCC1(C(=O)NC(=Cc2ccc(N3C(=O)C(Cc4ccccc4)N(C(C)=O)C3c3ccc(Cl)cc3)cc2)C(=O)O)CCCC1. The number of benzene rings is 3. The van der Waals surface area contributed by atoms with Crippen molar-refractivity contribution in [3.8, 4) is 0 Å². The normalized spacial score (nSPS) is 18.9. The molecule has 48 heavy (non-hydrogen) atoms. The fourth-order valence-electron chi connectivity index (χ4n) is 6.75. The zero-order valence-corrected chi connectivity index (χ0v) is 27.7. The monoisotopic (exact) mass is 670 g/mol. The van der Waals surface area contributed by atoms with Gasteiger partial charge in [-0.1, -0.05) is 79.0 Å². The third-order valence-corrected chi connectivity index (χ3v) is 9.40. The molecule has 0 bridgehead atoms. The second-order valence-electron chi connectivity index (χ2n) is 12.4. The number of nitrogens with one attached hydrogen (secondary N) is 2. The Morgan fingerprint density at radius 2 is 1.58 bits per heavy atom. The lowest BCUT2D eigenvalue weighted by Gasteiger charge is -2.31. The summed E-state index contributed by atoms with van der Waals surface area (Å²) >= 11 is 6.18. The Balaban J connectivity index is 1.44. The summed E-state index contributed by atoms with van der Waals surface area (Å²) in [6.45, 7) is 3.19. The number of carbonyl (C=O) groups excluding carboxylic acids is 4. The van der Waals surface area contributed by atoms with Crippen molar-refractivity contribution in [2.75, 3.05) is 11.4 Å². The van der Waals surface area contributed by atoms with E-state index in [4.69, 9.17) is 11.6 Å². The fraction of sp³-hybridized carbons (Fsp3) is 0.324. The number of hydrogen-bond acceptors (Lipinski definition) is 5. The van der Waals surface area contributed by atoms with Crippen LogP contribution in [-0.4, -0.2) is 52.2 Å².